The standard InChI is InChI=1S/C12H24N2O3S/c1-6-12(4,9(15)16)8-14-10(17)13-7-11(2,3)18-5/h6-8H2,1-5H3,(H,15,16)(H2,13,14,17). The van der Waals surface area contributed by atoms with Gasteiger partial charge in [0, 0.05) is 17.8 Å². The summed E-state index contributed by atoms with van der Waals surface area (Å²) in [6.07, 6.45) is 2.46. The molecule has 0 radical (unpaired) electrons. The van der Waals surface area contributed by atoms with Crippen LogP contribution in [0.4, 0.5) is 4.79 Å². The van der Waals surface area contributed by atoms with E-state index in [1.807, 2.05) is 20.1 Å². The lowest BCUT2D eigenvalue weighted by molar-refractivity contribution is -0.147. The van der Waals surface area contributed by atoms with Gasteiger partial charge in [-0.05, 0) is 33.4 Å². The Kier molecular flexibility index (Phi) is 6.52. The average molecular weight is 276 g/mol. The number of hydrogen-bond donors (Lipinski definition) is 3. The third kappa shape index (κ3) is 5.62. The first-order chi connectivity index (χ1) is 8.17. The van der Waals surface area contributed by atoms with Gasteiger partial charge in [0.05, 0.1) is 5.41 Å². The molecule has 0 bridgehead atoms. The minimum absolute atomic E-state index is 0.0296. The molecule has 0 fully saturated rings. The fourth-order valence-corrected chi connectivity index (χ4v) is 1.27. The van der Waals surface area contributed by atoms with Gasteiger partial charge in [0.15, 0.2) is 0 Å². The van der Waals surface area contributed by atoms with Crippen LogP contribution in [0.3, 0.4) is 0 Å². The van der Waals surface area contributed by atoms with Crippen molar-refractivity contribution >= 4 is 23.8 Å². The fraction of sp³-hybridized carbons (Fsp3) is 0.833. The van der Waals surface area contributed by atoms with E-state index in [9.17, 15) is 9.59 Å². The van der Waals surface area contributed by atoms with Gasteiger partial charge in [-0.2, -0.15) is 11.8 Å². The van der Waals surface area contributed by atoms with Crippen molar-refractivity contribution in [3.63, 3.8) is 0 Å². The van der Waals surface area contributed by atoms with Crippen LogP contribution in [0.15, 0.2) is 0 Å². The third-order valence-electron chi connectivity index (χ3n) is 3.16. The lowest BCUT2D eigenvalue weighted by atomic mass is 9.88. The molecule has 0 aliphatic carbocycles. The van der Waals surface area contributed by atoms with Crippen molar-refractivity contribution in [2.45, 2.75) is 38.9 Å². The van der Waals surface area contributed by atoms with Crippen LogP contribution in [0.5, 0.6) is 0 Å². The van der Waals surface area contributed by atoms with E-state index in [1.54, 1.807) is 25.6 Å². The Morgan fingerprint density at radius 3 is 2.06 bits per heavy atom. The van der Waals surface area contributed by atoms with Crippen LogP contribution in [0.1, 0.15) is 34.1 Å². The van der Waals surface area contributed by atoms with Crippen molar-refractivity contribution in [1.82, 2.24) is 10.6 Å². The summed E-state index contributed by atoms with van der Waals surface area (Å²) >= 11 is 1.67. The van der Waals surface area contributed by atoms with E-state index in [0.717, 1.165) is 0 Å². The molecule has 106 valence electrons. The second-order valence-electron chi connectivity index (χ2n) is 5.22. The second-order valence-corrected chi connectivity index (χ2v) is 6.73. The van der Waals surface area contributed by atoms with Crippen LogP contribution >= 0.6 is 11.8 Å². The summed E-state index contributed by atoms with van der Waals surface area (Å²) in [5.74, 6) is -0.894. The normalized spacial score (nSPS) is 14.7. The molecule has 3 N–H and O–H groups in total. The Hall–Kier alpha value is -0.910. The number of hydrogen-bond acceptors (Lipinski definition) is 3. The van der Waals surface area contributed by atoms with Crippen LogP contribution < -0.4 is 10.6 Å². The Morgan fingerprint density at radius 2 is 1.67 bits per heavy atom. The minimum atomic E-state index is -0.910. The molecule has 6 heteroatoms. The molecular formula is C12H24N2O3S. The highest BCUT2D eigenvalue weighted by Crippen LogP contribution is 2.20. The van der Waals surface area contributed by atoms with Gasteiger partial charge < -0.3 is 15.7 Å². The van der Waals surface area contributed by atoms with Crippen LogP contribution in [0.25, 0.3) is 0 Å². The van der Waals surface area contributed by atoms with E-state index in [4.69, 9.17) is 5.11 Å². The molecule has 0 saturated carbocycles. The molecule has 0 saturated heterocycles. The molecule has 0 aliphatic rings. The van der Waals surface area contributed by atoms with Gasteiger partial charge in [-0.25, -0.2) is 4.79 Å². The Labute approximate surface area is 113 Å². The number of urea groups is 1. The van der Waals surface area contributed by atoms with Crippen molar-refractivity contribution in [2.24, 2.45) is 5.41 Å². The summed E-state index contributed by atoms with van der Waals surface area (Å²) < 4.78 is -0.0296. The molecule has 0 heterocycles. The maximum atomic E-state index is 11.6. The summed E-state index contributed by atoms with van der Waals surface area (Å²) in [4.78, 5) is 22.6. The Morgan fingerprint density at radius 1 is 1.17 bits per heavy atom. The fourth-order valence-electron chi connectivity index (χ4n) is 1.06. The maximum absolute atomic E-state index is 11.6. The van der Waals surface area contributed by atoms with Gasteiger partial charge in [-0.1, -0.05) is 6.92 Å². The van der Waals surface area contributed by atoms with E-state index in [2.05, 4.69) is 10.6 Å². The number of nitrogens with one attached hydrogen (secondary N) is 2. The van der Waals surface area contributed by atoms with Crippen LogP contribution in [0, 0.1) is 5.41 Å². The predicted octanol–water partition coefficient (Wildman–Crippen LogP) is 1.93. The number of carbonyl (C=O) groups excluding carboxylic acids is 1. The monoisotopic (exact) mass is 276 g/mol. The number of thioether (sulfide) groups is 1. The number of carboxylic acid groups (broad SMARTS) is 1. The lowest BCUT2D eigenvalue weighted by Gasteiger charge is -2.25. The molecular weight excluding hydrogens is 252 g/mol. The van der Waals surface area contributed by atoms with Gasteiger partial charge in [0.1, 0.15) is 0 Å². The average Bonchev–Trinajstić information content (AvgIpc) is 2.33. The molecule has 1 unspecified atom stereocenters. The first-order valence-electron chi connectivity index (χ1n) is 5.97. The van der Waals surface area contributed by atoms with Gasteiger partial charge >= 0.3 is 12.0 Å². The molecule has 5 nitrogen and oxygen atoms in total. The molecule has 0 aliphatic heterocycles. The van der Waals surface area contributed by atoms with E-state index in [1.165, 1.54) is 0 Å². The zero-order valence-corrected chi connectivity index (χ0v) is 12.6. The van der Waals surface area contributed by atoms with Crippen molar-refractivity contribution < 1.29 is 14.7 Å². The number of carbonyl (C=O) groups is 2. The van der Waals surface area contributed by atoms with E-state index in [0.29, 0.717) is 13.0 Å². The van der Waals surface area contributed by atoms with Crippen molar-refractivity contribution in [3.8, 4) is 0 Å². The van der Waals surface area contributed by atoms with Crippen molar-refractivity contribution in [3.05, 3.63) is 0 Å². The predicted molar refractivity (Wildman–Crippen MR) is 75.0 cm³/mol. The van der Waals surface area contributed by atoms with Crippen LogP contribution in [0.2, 0.25) is 0 Å². The summed E-state index contributed by atoms with van der Waals surface area (Å²) in [6, 6.07) is -0.321. The third-order valence-corrected chi connectivity index (χ3v) is 4.41. The van der Waals surface area contributed by atoms with Gasteiger partial charge in [-0.3, -0.25) is 4.79 Å². The highest BCUT2D eigenvalue weighted by atomic mass is 32.2. The molecule has 0 aromatic heterocycles. The number of rotatable bonds is 7. The van der Waals surface area contributed by atoms with Gasteiger partial charge in [0.2, 0.25) is 0 Å². The summed E-state index contributed by atoms with van der Waals surface area (Å²) in [5, 5.41) is 14.4. The number of aliphatic carboxylic acids is 1. The zero-order chi connectivity index (χ0) is 14.4. The Balaban J connectivity index is 4.15. The smallest absolute Gasteiger partial charge is 0.314 e. The second kappa shape index (κ2) is 6.87. The molecule has 0 aromatic carbocycles. The van der Waals surface area contributed by atoms with Crippen molar-refractivity contribution in [2.75, 3.05) is 19.3 Å². The van der Waals surface area contributed by atoms with Crippen LogP contribution in [-0.2, 0) is 4.79 Å². The molecule has 0 spiro atoms. The zero-order valence-electron chi connectivity index (χ0n) is 11.8. The molecule has 0 aromatic rings. The van der Waals surface area contributed by atoms with Gasteiger partial charge in [-0.15, -0.1) is 0 Å². The highest BCUT2D eigenvalue weighted by Gasteiger charge is 2.31. The SMILES string of the molecule is CCC(C)(CNC(=O)NCC(C)(C)SC)C(=O)O. The molecule has 1 atom stereocenters. The van der Waals surface area contributed by atoms with Crippen molar-refractivity contribution in [1.29, 1.82) is 0 Å². The number of carboxylic acids is 1. The van der Waals surface area contributed by atoms with Gasteiger partial charge in [0.25, 0.3) is 0 Å². The number of amides is 2. The summed E-state index contributed by atoms with van der Waals surface area (Å²) in [5.41, 5.74) is -0.910. The van der Waals surface area contributed by atoms with E-state index >= 15 is 0 Å². The van der Waals surface area contributed by atoms with E-state index in [-0.39, 0.29) is 17.3 Å². The minimum Gasteiger partial charge on any atom is -0.481 e. The quantitative estimate of drug-likeness (QED) is 0.664. The Bertz CT molecular complexity index is 308. The molecule has 0 rings (SSSR count). The largest absolute Gasteiger partial charge is 0.481 e. The van der Waals surface area contributed by atoms with E-state index < -0.39 is 11.4 Å². The highest BCUT2D eigenvalue weighted by molar-refractivity contribution is 7.99. The lowest BCUT2D eigenvalue weighted by Crippen LogP contribution is -2.47. The molecule has 18 heavy (non-hydrogen) atoms. The molecule has 2 amide bonds. The summed E-state index contributed by atoms with van der Waals surface area (Å²) in [6.45, 7) is 8.16. The maximum Gasteiger partial charge on any atom is 0.314 e. The first kappa shape index (κ1) is 17.1. The summed E-state index contributed by atoms with van der Waals surface area (Å²) in [7, 11) is 0. The topological polar surface area (TPSA) is 78.4 Å². The first-order valence-corrected chi connectivity index (χ1v) is 7.19. The van der Waals surface area contributed by atoms with Crippen LogP contribution in [-0.4, -0.2) is 41.2 Å².